The summed E-state index contributed by atoms with van der Waals surface area (Å²) < 4.78 is 10.6. The molecule has 0 aliphatic carbocycles. The van der Waals surface area contributed by atoms with Gasteiger partial charge in [0.1, 0.15) is 0 Å². The Labute approximate surface area is 153 Å². The van der Waals surface area contributed by atoms with Crippen molar-refractivity contribution in [2.24, 2.45) is 5.41 Å². The van der Waals surface area contributed by atoms with Crippen LogP contribution in [0.15, 0.2) is 11.3 Å². The van der Waals surface area contributed by atoms with Gasteiger partial charge in [0.2, 0.25) is 0 Å². The first kappa shape index (κ1) is 24.1. The summed E-state index contributed by atoms with van der Waals surface area (Å²) in [6.07, 6.45) is 0. The summed E-state index contributed by atoms with van der Waals surface area (Å²) in [5, 5.41) is 0. The molecule has 0 aromatic carbocycles. The van der Waals surface area contributed by atoms with Crippen molar-refractivity contribution < 1.29 is 9.47 Å². The fraction of sp³-hybridized carbons (Fsp3) is 0.895. The Kier molecular flexibility index (Phi) is 10.3. The standard InChI is InChI=1S/C19H43NO2Si2/c1-19(2,17-20(11-13-21-3)12-14-22-4)18(15-23(5,6)7)16-24(8,9)10/h15H,11-14,16-17H2,1-10H3/b18-15-. The van der Waals surface area contributed by atoms with Gasteiger partial charge in [-0.25, -0.2) is 0 Å². The fourth-order valence-corrected chi connectivity index (χ4v) is 6.42. The molecule has 0 heterocycles. The van der Waals surface area contributed by atoms with Gasteiger partial charge in [-0.3, -0.25) is 4.90 Å². The van der Waals surface area contributed by atoms with Crippen molar-refractivity contribution >= 4 is 16.1 Å². The van der Waals surface area contributed by atoms with Gasteiger partial charge in [-0.15, -0.1) is 0 Å². The number of methoxy groups -OCH3 is 2. The highest BCUT2D eigenvalue weighted by Crippen LogP contribution is 2.35. The van der Waals surface area contributed by atoms with E-state index in [2.05, 4.69) is 63.7 Å². The average molecular weight is 374 g/mol. The first-order chi connectivity index (χ1) is 10.8. The maximum absolute atomic E-state index is 5.31. The Balaban J connectivity index is 5.34. The Hall–Kier alpha value is 0.0538. The van der Waals surface area contributed by atoms with Crippen molar-refractivity contribution in [3.63, 3.8) is 0 Å². The van der Waals surface area contributed by atoms with E-state index < -0.39 is 16.1 Å². The number of nitrogens with zero attached hydrogens (tertiary/aromatic N) is 1. The smallest absolute Gasteiger partial charge is 0.0686 e. The van der Waals surface area contributed by atoms with E-state index in [1.54, 1.807) is 19.8 Å². The van der Waals surface area contributed by atoms with E-state index in [1.807, 2.05) is 0 Å². The van der Waals surface area contributed by atoms with Crippen molar-refractivity contribution in [1.82, 2.24) is 4.90 Å². The van der Waals surface area contributed by atoms with Crippen LogP contribution in [0.2, 0.25) is 45.3 Å². The van der Waals surface area contributed by atoms with Gasteiger partial charge < -0.3 is 9.47 Å². The van der Waals surface area contributed by atoms with E-state index >= 15 is 0 Å². The highest BCUT2D eigenvalue weighted by Gasteiger charge is 2.31. The molecule has 0 amide bonds. The summed E-state index contributed by atoms with van der Waals surface area (Å²) in [7, 11) is 1.17. The number of hydrogen-bond donors (Lipinski definition) is 0. The minimum absolute atomic E-state index is 0.196. The van der Waals surface area contributed by atoms with E-state index in [9.17, 15) is 0 Å². The van der Waals surface area contributed by atoms with Crippen LogP contribution < -0.4 is 0 Å². The Bertz CT molecular complexity index is 374. The van der Waals surface area contributed by atoms with E-state index in [0.717, 1.165) is 32.8 Å². The molecule has 0 saturated carbocycles. The normalized spacial score (nSPS) is 14.5. The first-order valence-electron chi connectivity index (χ1n) is 9.23. The van der Waals surface area contributed by atoms with Crippen LogP contribution in [0.25, 0.3) is 0 Å². The highest BCUT2D eigenvalue weighted by atomic mass is 28.3. The quantitative estimate of drug-likeness (QED) is 0.461. The van der Waals surface area contributed by atoms with Crippen molar-refractivity contribution in [2.75, 3.05) is 47.1 Å². The second-order valence-electron chi connectivity index (χ2n) is 9.92. The van der Waals surface area contributed by atoms with Crippen LogP contribution in [0.5, 0.6) is 0 Å². The molecule has 0 aromatic heterocycles. The van der Waals surface area contributed by atoms with Crippen LogP contribution >= 0.6 is 0 Å². The van der Waals surface area contributed by atoms with Gasteiger partial charge in [0.25, 0.3) is 0 Å². The molecule has 0 aliphatic rings. The third-order valence-corrected chi connectivity index (χ3v) is 6.70. The fourth-order valence-electron chi connectivity index (χ4n) is 2.95. The summed E-state index contributed by atoms with van der Waals surface area (Å²) in [4.78, 5) is 2.50. The molecule has 3 nitrogen and oxygen atoms in total. The molecule has 5 heteroatoms. The van der Waals surface area contributed by atoms with Crippen LogP contribution in [-0.4, -0.2) is 68.1 Å². The van der Waals surface area contributed by atoms with Crippen LogP contribution in [0.3, 0.4) is 0 Å². The highest BCUT2D eigenvalue weighted by molar-refractivity contribution is 6.81. The molecule has 144 valence electrons. The zero-order valence-electron chi connectivity index (χ0n) is 18.1. The maximum Gasteiger partial charge on any atom is 0.0686 e. The Morgan fingerprint density at radius 1 is 0.917 bits per heavy atom. The molecule has 0 aromatic rings. The molecule has 0 fully saturated rings. The van der Waals surface area contributed by atoms with Gasteiger partial charge in [-0.1, -0.05) is 64.4 Å². The van der Waals surface area contributed by atoms with E-state index in [-0.39, 0.29) is 5.41 Å². The van der Waals surface area contributed by atoms with Crippen LogP contribution in [0.4, 0.5) is 0 Å². The summed E-state index contributed by atoms with van der Waals surface area (Å²) >= 11 is 0. The molecule has 0 aliphatic heterocycles. The van der Waals surface area contributed by atoms with Gasteiger partial charge in [0, 0.05) is 41.9 Å². The average Bonchev–Trinajstić information content (AvgIpc) is 2.37. The first-order valence-corrected chi connectivity index (χ1v) is 16.5. The molecule has 0 rings (SSSR count). The number of rotatable bonds is 12. The van der Waals surface area contributed by atoms with Crippen LogP contribution in [0, 0.1) is 5.41 Å². The molecule has 24 heavy (non-hydrogen) atoms. The molecule has 0 spiro atoms. The summed E-state index contributed by atoms with van der Waals surface area (Å²) in [6, 6.07) is 1.30. The van der Waals surface area contributed by atoms with Gasteiger partial charge in [0.15, 0.2) is 0 Å². The lowest BCUT2D eigenvalue weighted by atomic mass is 9.85. The lowest BCUT2D eigenvalue weighted by Gasteiger charge is -2.38. The van der Waals surface area contributed by atoms with Gasteiger partial charge in [0.05, 0.1) is 21.3 Å². The topological polar surface area (TPSA) is 21.7 Å². The van der Waals surface area contributed by atoms with Crippen molar-refractivity contribution in [2.45, 2.75) is 59.2 Å². The zero-order valence-corrected chi connectivity index (χ0v) is 20.1. The van der Waals surface area contributed by atoms with Gasteiger partial charge >= 0.3 is 0 Å². The third kappa shape index (κ3) is 11.6. The zero-order chi connectivity index (χ0) is 19.0. The predicted molar refractivity (Wildman–Crippen MR) is 114 cm³/mol. The molecule has 0 bridgehead atoms. The molecule has 0 saturated heterocycles. The number of hydrogen-bond acceptors (Lipinski definition) is 3. The van der Waals surface area contributed by atoms with E-state index in [4.69, 9.17) is 9.47 Å². The monoisotopic (exact) mass is 373 g/mol. The van der Waals surface area contributed by atoms with Crippen molar-refractivity contribution in [3.8, 4) is 0 Å². The predicted octanol–water partition coefficient (Wildman–Crippen LogP) is 4.75. The van der Waals surface area contributed by atoms with Crippen LogP contribution in [0.1, 0.15) is 13.8 Å². The lowest BCUT2D eigenvalue weighted by molar-refractivity contribution is 0.0960. The molecule has 0 N–H and O–H groups in total. The third-order valence-electron chi connectivity index (χ3n) is 4.04. The summed E-state index contributed by atoms with van der Waals surface area (Å²) in [6.45, 7) is 24.2. The summed E-state index contributed by atoms with van der Waals surface area (Å²) in [5.74, 6) is 0. The molecular formula is C19H43NO2Si2. The van der Waals surface area contributed by atoms with Gasteiger partial charge in [-0.05, 0) is 11.5 Å². The van der Waals surface area contributed by atoms with E-state index in [1.165, 1.54) is 6.04 Å². The molecule has 0 unspecified atom stereocenters. The van der Waals surface area contributed by atoms with E-state index in [0.29, 0.717) is 0 Å². The largest absolute Gasteiger partial charge is 0.383 e. The lowest BCUT2D eigenvalue weighted by Crippen LogP contribution is -2.41. The Morgan fingerprint density at radius 2 is 1.38 bits per heavy atom. The second-order valence-corrected chi connectivity index (χ2v) is 20.4. The molecular weight excluding hydrogens is 330 g/mol. The molecule has 0 radical (unpaired) electrons. The minimum Gasteiger partial charge on any atom is -0.383 e. The van der Waals surface area contributed by atoms with Crippen molar-refractivity contribution in [3.05, 3.63) is 11.3 Å². The van der Waals surface area contributed by atoms with Crippen molar-refractivity contribution in [1.29, 1.82) is 0 Å². The summed E-state index contributed by atoms with van der Waals surface area (Å²) in [5.41, 5.74) is 4.54. The SMILES string of the molecule is COCCN(CCOC)CC(C)(C)/C(=C\[Si](C)(C)C)C[Si](C)(C)C. The Morgan fingerprint density at radius 3 is 1.71 bits per heavy atom. The van der Waals surface area contributed by atoms with Crippen LogP contribution in [-0.2, 0) is 9.47 Å². The minimum atomic E-state index is -1.24. The maximum atomic E-state index is 5.31. The number of ether oxygens (including phenoxy) is 2. The second kappa shape index (κ2) is 10.3. The molecule has 0 atom stereocenters. The van der Waals surface area contributed by atoms with Gasteiger partial charge in [-0.2, -0.15) is 0 Å².